The lowest BCUT2D eigenvalue weighted by Crippen LogP contribution is -2.28. The van der Waals surface area contributed by atoms with E-state index < -0.39 is 0 Å². The van der Waals surface area contributed by atoms with E-state index >= 15 is 0 Å². The number of aromatic nitrogens is 8. The van der Waals surface area contributed by atoms with Gasteiger partial charge in [0.2, 0.25) is 11.7 Å². The molecular formula is C9H9N9O2. The standard InChI is InChI=1S/C9H9N9O2/c19-8(10-4-7-11-15-16-12-7)5-18-14-9(13-17-18)6-2-1-3-20-6/h1-3H,4-5H2,(H,10,19)(H,11,12,15,16). The highest BCUT2D eigenvalue weighted by Crippen LogP contribution is 2.12. The number of aromatic amines is 1. The van der Waals surface area contributed by atoms with Gasteiger partial charge < -0.3 is 9.73 Å². The summed E-state index contributed by atoms with van der Waals surface area (Å²) in [6.45, 7) is 0.112. The van der Waals surface area contributed by atoms with E-state index in [9.17, 15) is 4.79 Å². The minimum absolute atomic E-state index is 0.0639. The fourth-order valence-corrected chi connectivity index (χ4v) is 1.43. The van der Waals surface area contributed by atoms with Crippen LogP contribution in [0, 0.1) is 0 Å². The van der Waals surface area contributed by atoms with E-state index in [-0.39, 0.29) is 19.0 Å². The van der Waals surface area contributed by atoms with Crippen molar-refractivity contribution in [2.75, 3.05) is 0 Å². The second-order valence-electron chi connectivity index (χ2n) is 3.73. The Morgan fingerprint density at radius 1 is 1.45 bits per heavy atom. The predicted octanol–water partition coefficient (Wildman–Crippen LogP) is -1.24. The summed E-state index contributed by atoms with van der Waals surface area (Å²) < 4.78 is 5.13. The number of tetrazole rings is 2. The van der Waals surface area contributed by atoms with Crippen molar-refractivity contribution in [2.24, 2.45) is 0 Å². The maximum atomic E-state index is 11.7. The monoisotopic (exact) mass is 275 g/mol. The van der Waals surface area contributed by atoms with Gasteiger partial charge in [0.05, 0.1) is 12.8 Å². The number of H-pyrrole nitrogens is 1. The van der Waals surface area contributed by atoms with Crippen LogP contribution in [0.4, 0.5) is 0 Å². The maximum Gasteiger partial charge on any atom is 0.244 e. The summed E-state index contributed by atoms with van der Waals surface area (Å²) >= 11 is 0. The minimum atomic E-state index is -0.293. The molecule has 0 aliphatic carbocycles. The second-order valence-corrected chi connectivity index (χ2v) is 3.73. The predicted molar refractivity (Wildman–Crippen MR) is 61.5 cm³/mol. The molecule has 0 spiro atoms. The van der Waals surface area contributed by atoms with Crippen molar-refractivity contribution in [1.82, 2.24) is 46.1 Å². The molecule has 0 atom stereocenters. The fourth-order valence-electron chi connectivity index (χ4n) is 1.43. The molecule has 0 bridgehead atoms. The van der Waals surface area contributed by atoms with Gasteiger partial charge in [-0.15, -0.1) is 20.4 Å². The van der Waals surface area contributed by atoms with Crippen LogP contribution in [-0.4, -0.2) is 46.7 Å². The average Bonchev–Trinajstić information content (AvgIpc) is 3.18. The summed E-state index contributed by atoms with van der Waals surface area (Å²) in [6.07, 6.45) is 1.51. The van der Waals surface area contributed by atoms with E-state index in [4.69, 9.17) is 4.42 Å². The molecule has 11 heteroatoms. The molecule has 0 aliphatic rings. The molecule has 0 saturated carbocycles. The first kappa shape index (κ1) is 12.0. The Balaban J connectivity index is 1.56. The normalized spacial score (nSPS) is 10.6. The van der Waals surface area contributed by atoms with Crippen molar-refractivity contribution in [3.05, 3.63) is 24.2 Å². The lowest BCUT2D eigenvalue weighted by atomic mass is 10.4. The molecule has 11 nitrogen and oxygen atoms in total. The van der Waals surface area contributed by atoms with E-state index in [1.807, 2.05) is 0 Å². The molecule has 102 valence electrons. The molecule has 20 heavy (non-hydrogen) atoms. The summed E-state index contributed by atoms with van der Waals surface area (Å²) in [5.74, 6) is 0.906. The molecule has 1 amide bonds. The lowest BCUT2D eigenvalue weighted by Gasteiger charge is -2.00. The molecule has 3 heterocycles. The number of hydrogen-bond acceptors (Lipinski definition) is 8. The number of furan rings is 1. The summed E-state index contributed by atoms with van der Waals surface area (Å²) in [7, 11) is 0. The highest BCUT2D eigenvalue weighted by molar-refractivity contribution is 5.75. The van der Waals surface area contributed by atoms with E-state index in [1.54, 1.807) is 12.1 Å². The van der Waals surface area contributed by atoms with Crippen molar-refractivity contribution in [3.63, 3.8) is 0 Å². The fraction of sp³-hybridized carbons (Fsp3) is 0.222. The number of rotatable bonds is 5. The molecule has 0 unspecified atom stereocenters. The number of hydrogen-bond donors (Lipinski definition) is 2. The Morgan fingerprint density at radius 3 is 3.15 bits per heavy atom. The molecule has 0 radical (unpaired) electrons. The van der Waals surface area contributed by atoms with Gasteiger partial charge in [-0.05, 0) is 17.3 Å². The van der Waals surface area contributed by atoms with Crippen molar-refractivity contribution in [3.8, 4) is 11.6 Å². The molecule has 0 aliphatic heterocycles. The zero-order valence-corrected chi connectivity index (χ0v) is 10.1. The first-order valence-electron chi connectivity index (χ1n) is 5.62. The first-order valence-corrected chi connectivity index (χ1v) is 5.62. The topological polar surface area (TPSA) is 140 Å². The summed E-state index contributed by atoms with van der Waals surface area (Å²) in [5, 5.41) is 27.3. The third-order valence-electron chi connectivity index (χ3n) is 2.31. The molecule has 3 aromatic rings. The van der Waals surface area contributed by atoms with Crippen molar-refractivity contribution in [1.29, 1.82) is 0 Å². The molecule has 0 fully saturated rings. The van der Waals surface area contributed by atoms with Crippen LogP contribution in [0.5, 0.6) is 0 Å². The van der Waals surface area contributed by atoms with Crippen LogP contribution in [0.1, 0.15) is 5.82 Å². The number of nitrogens with one attached hydrogen (secondary N) is 2. The van der Waals surface area contributed by atoms with Gasteiger partial charge in [-0.1, -0.05) is 5.21 Å². The van der Waals surface area contributed by atoms with Crippen LogP contribution in [0.3, 0.4) is 0 Å². The van der Waals surface area contributed by atoms with Crippen molar-refractivity contribution >= 4 is 5.91 Å². The van der Waals surface area contributed by atoms with E-state index in [0.717, 1.165) is 0 Å². The van der Waals surface area contributed by atoms with E-state index in [0.29, 0.717) is 17.4 Å². The Kier molecular flexibility index (Phi) is 3.14. The number of carbonyl (C=O) groups is 1. The van der Waals surface area contributed by atoms with Crippen LogP contribution in [0.15, 0.2) is 22.8 Å². The summed E-state index contributed by atoms with van der Waals surface area (Å²) in [4.78, 5) is 12.8. The Bertz CT molecular complexity index is 672. The zero-order chi connectivity index (χ0) is 13.8. The van der Waals surface area contributed by atoms with Gasteiger partial charge in [0.15, 0.2) is 11.6 Å². The SMILES string of the molecule is O=C(Cn1nnc(-c2ccco2)n1)NCc1nn[nH]n1. The largest absolute Gasteiger partial charge is 0.461 e. The highest BCUT2D eigenvalue weighted by Gasteiger charge is 2.11. The summed E-state index contributed by atoms with van der Waals surface area (Å²) in [5.41, 5.74) is 0. The van der Waals surface area contributed by atoms with Crippen LogP contribution in [0.25, 0.3) is 11.6 Å². The number of amides is 1. The van der Waals surface area contributed by atoms with Crippen LogP contribution in [-0.2, 0) is 17.9 Å². The second kappa shape index (κ2) is 5.26. The minimum Gasteiger partial charge on any atom is -0.461 e. The van der Waals surface area contributed by atoms with Crippen LogP contribution in [0.2, 0.25) is 0 Å². The van der Waals surface area contributed by atoms with Crippen LogP contribution >= 0.6 is 0 Å². The van der Waals surface area contributed by atoms with Gasteiger partial charge in [-0.3, -0.25) is 4.79 Å². The Labute approximate surface area is 111 Å². The van der Waals surface area contributed by atoms with Gasteiger partial charge >= 0.3 is 0 Å². The highest BCUT2D eigenvalue weighted by atomic mass is 16.3. The molecule has 0 aromatic carbocycles. The number of carbonyl (C=O) groups excluding carboxylic acids is 1. The third-order valence-corrected chi connectivity index (χ3v) is 2.31. The number of nitrogens with zero attached hydrogens (tertiary/aromatic N) is 7. The molecule has 2 N–H and O–H groups in total. The van der Waals surface area contributed by atoms with Crippen molar-refractivity contribution < 1.29 is 9.21 Å². The molecule has 3 rings (SSSR count). The molecule has 3 aromatic heterocycles. The lowest BCUT2D eigenvalue weighted by molar-refractivity contribution is -0.122. The van der Waals surface area contributed by atoms with Gasteiger partial charge in [-0.25, -0.2) is 0 Å². The Hall–Kier alpha value is -3.11. The van der Waals surface area contributed by atoms with Crippen molar-refractivity contribution in [2.45, 2.75) is 13.1 Å². The Morgan fingerprint density at radius 2 is 2.40 bits per heavy atom. The third kappa shape index (κ3) is 2.66. The van der Waals surface area contributed by atoms with Gasteiger partial charge in [0.1, 0.15) is 6.54 Å². The first-order chi connectivity index (χ1) is 9.81. The van der Waals surface area contributed by atoms with Gasteiger partial charge in [0, 0.05) is 0 Å². The zero-order valence-electron chi connectivity index (χ0n) is 10.1. The van der Waals surface area contributed by atoms with Gasteiger partial charge in [-0.2, -0.15) is 10.0 Å². The van der Waals surface area contributed by atoms with E-state index in [1.165, 1.54) is 11.1 Å². The smallest absolute Gasteiger partial charge is 0.244 e. The quantitative estimate of drug-likeness (QED) is 0.589. The van der Waals surface area contributed by atoms with E-state index in [2.05, 4.69) is 41.4 Å². The maximum absolute atomic E-state index is 11.7. The summed E-state index contributed by atoms with van der Waals surface area (Å²) in [6, 6.07) is 3.42. The average molecular weight is 275 g/mol. The molecule has 0 saturated heterocycles. The van der Waals surface area contributed by atoms with Crippen LogP contribution < -0.4 is 5.32 Å². The van der Waals surface area contributed by atoms with Gasteiger partial charge in [0.25, 0.3) is 0 Å². The molecular weight excluding hydrogens is 266 g/mol.